The molecule has 0 rings (SSSR count). The van der Waals surface area contributed by atoms with Crippen molar-refractivity contribution in [2.45, 2.75) is 6.04 Å². The Morgan fingerprint density at radius 3 is 2.73 bits per heavy atom. The van der Waals surface area contributed by atoms with E-state index >= 15 is 0 Å². The van der Waals surface area contributed by atoms with Crippen LogP contribution >= 0.6 is 12.6 Å². The van der Waals surface area contributed by atoms with Crippen LogP contribution in [0.4, 0.5) is 0 Å². The second-order valence-corrected chi connectivity index (χ2v) is 2.31. The largest absolute Gasteiger partial charge is 0.462 e. The Balaban J connectivity index is 3.36. The van der Waals surface area contributed by atoms with Gasteiger partial charge in [-0.3, -0.25) is 4.79 Å². The first-order chi connectivity index (χ1) is 5.22. The highest BCUT2D eigenvalue weighted by Crippen LogP contribution is 1.88. The van der Waals surface area contributed by atoms with Gasteiger partial charge in [-0.2, -0.15) is 12.6 Å². The van der Waals surface area contributed by atoms with Crippen molar-refractivity contribution in [3.8, 4) is 0 Å². The maximum atomic E-state index is 10.8. The molecule has 0 bridgehead atoms. The minimum Gasteiger partial charge on any atom is -0.462 e. The van der Waals surface area contributed by atoms with E-state index in [2.05, 4.69) is 17.4 Å². The maximum Gasteiger partial charge on any atom is 0.323 e. The van der Waals surface area contributed by atoms with Gasteiger partial charge in [0.05, 0.1) is 6.61 Å². The first kappa shape index (κ1) is 10.7. The third kappa shape index (κ3) is 5.06. The van der Waals surface area contributed by atoms with Crippen molar-refractivity contribution < 1.29 is 14.3 Å². The van der Waals surface area contributed by atoms with E-state index in [0.29, 0.717) is 12.4 Å². The van der Waals surface area contributed by atoms with Gasteiger partial charge in [-0.15, -0.1) is 0 Å². The molecule has 0 radical (unpaired) electrons. The predicted octanol–water partition coefficient (Wildman–Crippen LogP) is -0.567. The quantitative estimate of drug-likeness (QED) is 0.337. The second kappa shape index (κ2) is 6.45. The summed E-state index contributed by atoms with van der Waals surface area (Å²) in [5.74, 6) is -0.136. The predicted molar refractivity (Wildman–Crippen MR) is 44.7 cm³/mol. The molecule has 11 heavy (non-hydrogen) atoms. The third-order valence-electron chi connectivity index (χ3n) is 1.03. The second-order valence-electron chi connectivity index (χ2n) is 1.95. The highest BCUT2D eigenvalue weighted by Gasteiger charge is 2.11. The molecule has 0 amide bonds. The fourth-order valence-corrected chi connectivity index (χ4v) is 0.556. The summed E-state index contributed by atoms with van der Waals surface area (Å²) in [4.78, 5) is 10.8. The van der Waals surface area contributed by atoms with Crippen LogP contribution in [0.15, 0.2) is 0 Å². The molecule has 66 valence electrons. The number of methoxy groups -OCH3 is 1. The van der Waals surface area contributed by atoms with Crippen LogP contribution in [0.2, 0.25) is 0 Å². The van der Waals surface area contributed by atoms with Crippen molar-refractivity contribution in [2.75, 3.05) is 26.1 Å². The number of carbonyl (C=O) groups is 1. The van der Waals surface area contributed by atoms with Crippen LogP contribution in [0.5, 0.6) is 0 Å². The molecule has 0 aromatic rings. The molecule has 5 heteroatoms. The van der Waals surface area contributed by atoms with Crippen LogP contribution in [-0.2, 0) is 14.3 Å². The number of carbonyl (C=O) groups excluding carboxylic acids is 1. The van der Waals surface area contributed by atoms with Gasteiger partial charge in [0.2, 0.25) is 0 Å². The molecular weight excluding hydrogens is 166 g/mol. The average Bonchev–Trinajstić information content (AvgIpc) is 2.03. The lowest BCUT2D eigenvalue weighted by atomic mass is 10.4. The van der Waals surface area contributed by atoms with Gasteiger partial charge in [0.25, 0.3) is 0 Å². The van der Waals surface area contributed by atoms with Crippen molar-refractivity contribution in [1.29, 1.82) is 0 Å². The van der Waals surface area contributed by atoms with Gasteiger partial charge in [0.1, 0.15) is 12.6 Å². The highest BCUT2D eigenvalue weighted by molar-refractivity contribution is 7.80. The summed E-state index contributed by atoms with van der Waals surface area (Å²) in [6.45, 7) is 0.641. The Morgan fingerprint density at radius 1 is 1.64 bits per heavy atom. The van der Waals surface area contributed by atoms with Gasteiger partial charge < -0.3 is 15.2 Å². The zero-order chi connectivity index (χ0) is 8.69. The van der Waals surface area contributed by atoms with Gasteiger partial charge in [-0.1, -0.05) is 0 Å². The number of thiol groups is 1. The summed E-state index contributed by atoms with van der Waals surface area (Å²) in [7, 11) is 1.53. The van der Waals surface area contributed by atoms with E-state index in [1.807, 2.05) is 0 Å². The van der Waals surface area contributed by atoms with Gasteiger partial charge in [0.15, 0.2) is 0 Å². The molecule has 0 aliphatic carbocycles. The standard InChI is InChI=1S/C6H13NO3S/c1-9-2-3-10-6(8)5(7)4-11/h5,11H,2-4,7H2,1H3. The smallest absolute Gasteiger partial charge is 0.323 e. The first-order valence-electron chi connectivity index (χ1n) is 3.24. The van der Waals surface area contributed by atoms with Crippen molar-refractivity contribution in [1.82, 2.24) is 0 Å². The normalized spacial score (nSPS) is 12.6. The van der Waals surface area contributed by atoms with Gasteiger partial charge >= 0.3 is 5.97 Å². The minimum absolute atomic E-state index is 0.247. The monoisotopic (exact) mass is 179 g/mol. The molecule has 0 saturated carbocycles. The van der Waals surface area contributed by atoms with Crippen molar-refractivity contribution >= 4 is 18.6 Å². The van der Waals surface area contributed by atoms with Crippen molar-refractivity contribution in [3.63, 3.8) is 0 Å². The molecule has 4 nitrogen and oxygen atoms in total. The Bertz CT molecular complexity index is 120. The fraction of sp³-hybridized carbons (Fsp3) is 0.833. The number of esters is 1. The topological polar surface area (TPSA) is 61.5 Å². The van der Waals surface area contributed by atoms with Crippen LogP contribution in [0.25, 0.3) is 0 Å². The summed E-state index contributed by atoms with van der Waals surface area (Å²) in [6, 6.07) is -0.629. The van der Waals surface area contributed by atoms with E-state index in [-0.39, 0.29) is 6.61 Å². The van der Waals surface area contributed by atoms with Gasteiger partial charge in [0, 0.05) is 12.9 Å². The van der Waals surface area contributed by atoms with E-state index < -0.39 is 12.0 Å². The lowest BCUT2D eigenvalue weighted by Gasteiger charge is -2.07. The molecule has 0 fully saturated rings. The summed E-state index contributed by atoms with van der Waals surface area (Å²) < 4.78 is 9.37. The molecular formula is C6H13NO3S. The Labute approximate surface area is 71.4 Å². The van der Waals surface area contributed by atoms with Gasteiger partial charge in [-0.05, 0) is 0 Å². The van der Waals surface area contributed by atoms with Crippen molar-refractivity contribution in [2.24, 2.45) is 5.73 Å². The fourth-order valence-electron chi connectivity index (χ4n) is 0.407. The molecule has 1 atom stereocenters. The van der Waals surface area contributed by atoms with Gasteiger partial charge in [-0.25, -0.2) is 0 Å². The zero-order valence-electron chi connectivity index (χ0n) is 6.45. The average molecular weight is 179 g/mol. The van der Waals surface area contributed by atoms with Crippen molar-refractivity contribution in [3.05, 3.63) is 0 Å². The van der Waals surface area contributed by atoms with E-state index in [9.17, 15) is 4.79 Å². The van der Waals surface area contributed by atoms with E-state index in [0.717, 1.165) is 0 Å². The number of ether oxygens (including phenoxy) is 2. The molecule has 0 saturated heterocycles. The molecule has 2 N–H and O–H groups in total. The molecule has 0 aliphatic heterocycles. The molecule has 0 aliphatic rings. The molecule has 0 aromatic carbocycles. The van der Waals surface area contributed by atoms with Crippen LogP contribution in [-0.4, -0.2) is 38.1 Å². The van der Waals surface area contributed by atoms with E-state index in [1.165, 1.54) is 7.11 Å². The van der Waals surface area contributed by atoms with E-state index in [4.69, 9.17) is 10.5 Å². The number of nitrogens with two attached hydrogens (primary N) is 1. The Hall–Kier alpha value is -0.260. The van der Waals surface area contributed by atoms with E-state index in [1.54, 1.807) is 0 Å². The highest BCUT2D eigenvalue weighted by atomic mass is 32.1. The lowest BCUT2D eigenvalue weighted by Crippen LogP contribution is -2.34. The first-order valence-corrected chi connectivity index (χ1v) is 3.87. The van der Waals surface area contributed by atoms with Crippen LogP contribution in [0, 0.1) is 0 Å². The third-order valence-corrected chi connectivity index (χ3v) is 1.42. The Kier molecular flexibility index (Phi) is 6.30. The maximum absolute atomic E-state index is 10.8. The molecule has 0 spiro atoms. The molecule has 0 aromatic heterocycles. The van der Waals surface area contributed by atoms with Crippen LogP contribution in [0.1, 0.15) is 0 Å². The summed E-state index contributed by atoms with van der Waals surface area (Å²) in [6.07, 6.45) is 0. The number of rotatable bonds is 5. The van der Waals surface area contributed by atoms with Crippen LogP contribution in [0.3, 0.4) is 0 Å². The summed E-state index contributed by atoms with van der Waals surface area (Å²) in [5, 5.41) is 0. The summed E-state index contributed by atoms with van der Waals surface area (Å²) >= 11 is 3.84. The Morgan fingerprint density at radius 2 is 2.27 bits per heavy atom. The minimum atomic E-state index is -0.629. The molecule has 1 unspecified atom stereocenters. The number of hydrogen-bond acceptors (Lipinski definition) is 5. The lowest BCUT2D eigenvalue weighted by molar-refractivity contribution is -0.145. The molecule has 0 heterocycles. The summed E-state index contributed by atoms with van der Waals surface area (Å²) in [5.41, 5.74) is 5.31. The van der Waals surface area contributed by atoms with Crippen LogP contribution < -0.4 is 5.73 Å². The SMILES string of the molecule is COCCOC(=O)C(N)CS. The zero-order valence-corrected chi connectivity index (χ0v) is 7.34. The number of hydrogen-bond donors (Lipinski definition) is 2.